The highest BCUT2D eigenvalue weighted by Gasteiger charge is 2.54. The first-order valence-corrected chi connectivity index (χ1v) is 7.70. The Hall–Kier alpha value is -2.08. The quantitative estimate of drug-likeness (QED) is 0.763. The normalized spacial score (nSPS) is 25.7. The van der Waals surface area contributed by atoms with Crippen LogP contribution in [0, 0.1) is 0 Å². The number of urea groups is 1. The number of carbonyl (C=O) groups is 2. The second-order valence-electron chi connectivity index (χ2n) is 6.54. The van der Waals surface area contributed by atoms with E-state index in [1.807, 2.05) is 17.0 Å². The van der Waals surface area contributed by atoms with Gasteiger partial charge in [-0.3, -0.25) is 4.79 Å². The molecule has 22 heavy (non-hydrogen) atoms. The number of nitrogens with zero attached hydrogens (tertiary/aromatic N) is 2. The highest BCUT2D eigenvalue weighted by atomic mass is 16.2. The molecule has 4 rings (SSSR count). The van der Waals surface area contributed by atoms with Gasteiger partial charge in [0.25, 0.3) is 0 Å². The van der Waals surface area contributed by atoms with Crippen molar-refractivity contribution in [2.45, 2.75) is 24.5 Å². The molecular weight excluding hydrogens is 280 g/mol. The van der Waals surface area contributed by atoms with Crippen LogP contribution in [0.1, 0.15) is 11.1 Å². The van der Waals surface area contributed by atoms with E-state index < -0.39 is 0 Å². The van der Waals surface area contributed by atoms with Crippen molar-refractivity contribution < 1.29 is 9.59 Å². The van der Waals surface area contributed by atoms with Gasteiger partial charge in [-0.2, -0.15) is 0 Å². The molecule has 1 spiro atoms. The van der Waals surface area contributed by atoms with Crippen molar-refractivity contribution in [1.82, 2.24) is 20.4 Å². The van der Waals surface area contributed by atoms with Crippen LogP contribution in [0.5, 0.6) is 0 Å². The maximum Gasteiger partial charge on any atom is 0.317 e. The Labute approximate surface area is 129 Å². The van der Waals surface area contributed by atoms with Crippen LogP contribution < -0.4 is 10.6 Å². The lowest BCUT2D eigenvalue weighted by atomic mass is 9.87. The Kier molecular flexibility index (Phi) is 2.91. The summed E-state index contributed by atoms with van der Waals surface area (Å²) >= 11 is 0. The molecule has 0 radical (unpaired) electrons. The molecule has 6 heteroatoms. The van der Waals surface area contributed by atoms with Gasteiger partial charge >= 0.3 is 6.03 Å². The summed E-state index contributed by atoms with van der Waals surface area (Å²) in [7, 11) is 1.80. The van der Waals surface area contributed by atoms with E-state index in [9.17, 15) is 9.59 Å². The monoisotopic (exact) mass is 300 g/mol. The van der Waals surface area contributed by atoms with Gasteiger partial charge in [0.05, 0.1) is 11.6 Å². The van der Waals surface area contributed by atoms with Crippen molar-refractivity contribution in [3.63, 3.8) is 0 Å². The topological polar surface area (TPSA) is 64.7 Å². The third kappa shape index (κ3) is 1.90. The molecule has 3 aliphatic rings. The molecule has 2 saturated heterocycles. The molecule has 6 nitrogen and oxygen atoms in total. The number of carbonyl (C=O) groups excluding carboxylic acids is 2. The van der Waals surface area contributed by atoms with E-state index in [4.69, 9.17) is 0 Å². The molecule has 0 unspecified atom stereocenters. The van der Waals surface area contributed by atoms with Crippen LogP contribution in [0.3, 0.4) is 0 Å². The maximum atomic E-state index is 12.7. The Morgan fingerprint density at radius 3 is 2.68 bits per heavy atom. The number of likely N-dealkylation sites (N-methyl/N-ethyl adjacent to an activating group) is 1. The van der Waals surface area contributed by atoms with Gasteiger partial charge in [-0.05, 0) is 17.5 Å². The average molecular weight is 300 g/mol. The summed E-state index contributed by atoms with van der Waals surface area (Å²) < 4.78 is 0. The van der Waals surface area contributed by atoms with Crippen molar-refractivity contribution in [2.24, 2.45) is 0 Å². The molecule has 0 bridgehead atoms. The van der Waals surface area contributed by atoms with Crippen molar-refractivity contribution in [1.29, 1.82) is 0 Å². The maximum absolute atomic E-state index is 12.7. The summed E-state index contributed by atoms with van der Waals surface area (Å²) in [4.78, 5) is 27.9. The molecule has 2 fully saturated rings. The second-order valence-corrected chi connectivity index (χ2v) is 6.54. The van der Waals surface area contributed by atoms with Crippen LogP contribution in [0.4, 0.5) is 4.79 Å². The molecule has 2 N–H and O–H groups in total. The lowest BCUT2D eigenvalue weighted by molar-refractivity contribution is -0.144. The van der Waals surface area contributed by atoms with Gasteiger partial charge in [0.15, 0.2) is 0 Å². The van der Waals surface area contributed by atoms with Crippen LogP contribution in [0.2, 0.25) is 0 Å². The van der Waals surface area contributed by atoms with Gasteiger partial charge in [0.2, 0.25) is 5.91 Å². The SMILES string of the molecule is CN1C(=O)NCC12CN(C(=O)[C@H]1Cc3ccccc3CN1)C2. The first kappa shape index (κ1) is 13.6. The number of hydrogen-bond acceptors (Lipinski definition) is 3. The minimum atomic E-state index is -0.195. The molecular formula is C16H20N4O2. The fraction of sp³-hybridized carbons (Fsp3) is 0.500. The van der Waals surface area contributed by atoms with Crippen LogP contribution in [0.15, 0.2) is 24.3 Å². The summed E-state index contributed by atoms with van der Waals surface area (Å²) in [6.07, 6.45) is 0.742. The van der Waals surface area contributed by atoms with E-state index >= 15 is 0 Å². The van der Waals surface area contributed by atoms with Crippen LogP contribution in [-0.2, 0) is 17.8 Å². The number of rotatable bonds is 1. The zero-order chi connectivity index (χ0) is 15.3. The summed E-state index contributed by atoms with van der Waals surface area (Å²) in [6, 6.07) is 8.06. The van der Waals surface area contributed by atoms with Gasteiger partial charge in [0.1, 0.15) is 0 Å². The van der Waals surface area contributed by atoms with E-state index in [0.717, 1.165) is 13.0 Å². The summed E-state index contributed by atoms with van der Waals surface area (Å²) in [6.45, 7) is 2.63. The Morgan fingerprint density at radius 1 is 1.27 bits per heavy atom. The lowest BCUT2D eigenvalue weighted by Gasteiger charge is -2.51. The smallest absolute Gasteiger partial charge is 0.317 e. The number of amides is 3. The molecule has 3 amide bonds. The zero-order valence-corrected chi connectivity index (χ0v) is 12.6. The van der Waals surface area contributed by atoms with E-state index in [1.165, 1.54) is 11.1 Å². The average Bonchev–Trinajstić information content (AvgIpc) is 2.81. The van der Waals surface area contributed by atoms with E-state index in [1.54, 1.807) is 11.9 Å². The lowest BCUT2D eigenvalue weighted by Crippen LogP contribution is -2.72. The van der Waals surface area contributed by atoms with E-state index in [0.29, 0.717) is 19.6 Å². The number of fused-ring (bicyclic) bond motifs is 1. The fourth-order valence-electron chi connectivity index (χ4n) is 3.69. The Balaban J connectivity index is 1.42. The first-order valence-electron chi connectivity index (χ1n) is 7.70. The standard InChI is InChI=1S/C16H20N4O2/c1-19-15(22)18-8-16(19)9-20(10-16)14(21)13-6-11-4-2-3-5-12(11)7-17-13/h2-5,13,17H,6-10H2,1H3,(H,18,22)/t13-/m1/s1. The predicted octanol–water partition coefficient (Wildman–Crippen LogP) is -0.0631. The molecule has 3 aliphatic heterocycles. The molecule has 1 atom stereocenters. The highest BCUT2D eigenvalue weighted by Crippen LogP contribution is 2.31. The minimum absolute atomic E-state index is 0.0446. The molecule has 1 aromatic carbocycles. The van der Waals surface area contributed by atoms with Crippen molar-refractivity contribution in [3.8, 4) is 0 Å². The van der Waals surface area contributed by atoms with Crippen molar-refractivity contribution in [2.75, 3.05) is 26.7 Å². The van der Waals surface area contributed by atoms with E-state index in [2.05, 4.69) is 22.8 Å². The molecule has 0 aromatic heterocycles. The van der Waals surface area contributed by atoms with Gasteiger partial charge in [-0.15, -0.1) is 0 Å². The molecule has 1 aromatic rings. The summed E-state index contributed by atoms with van der Waals surface area (Å²) in [5, 5.41) is 6.18. The highest BCUT2D eigenvalue weighted by molar-refractivity contribution is 5.85. The summed E-state index contributed by atoms with van der Waals surface area (Å²) in [5.74, 6) is 0.146. The van der Waals surface area contributed by atoms with Gasteiger partial charge in [-0.1, -0.05) is 24.3 Å². The Bertz CT molecular complexity index is 639. The second kappa shape index (κ2) is 4.71. The fourth-order valence-corrected chi connectivity index (χ4v) is 3.69. The third-order valence-corrected chi connectivity index (χ3v) is 5.25. The predicted molar refractivity (Wildman–Crippen MR) is 81.2 cm³/mol. The van der Waals surface area contributed by atoms with Crippen LogP contribution in [-0.4, -0.2) is 60.0 Å². The van der Waals surface area contributed by atoms with Crippen molar-refractivity contribution in [3.05, 3.63) is 35.4 Å². The number of nitrogens with one attached hydrogen (secondary N) is 2. The van der Waals surface area contributed by atoms with Crippen molar-refractivity contribution >= 4 is 11.9 Å². The number of hydrogen-bond donors (Lipinski definition) is 2. The van der Waals surface area contributed by atoms with Gasteiger partial charge in [-0.25, -0.2) is 4.79 Å². The number of benzene rings is 1. The van der Waals surface area contributed by atoms with Gasteiger partial charge in [0, 0.05) is 33.2 Å². The number of likely N-dealkylation sites (tertiary alicyclic amines) is 1. The zero-order valence-electron chi connectivity index (χ0n) is 12.6. The molecule has 3 heterocycles. The minimum Gasteiger partial charge on any atom is -0.336 e. The van der Waals surface area contributed by atoms with E-state index in [-0.39, 0.29) is 23.5 Å². The molecule has 116 valence electrons. The molecule has 0 saturated carbocycles. The van der Waals surface area contributed by atoms with Gasteiger partial charge < -0.3 is 20.4 Å². The largest absolute Gasteiger partial charge is 0.336 e. The van der Waals surface area contributed by atoms with Crippen LogP contribution >= 0.6 is 0 Å². The molecule has 0 aliphatic carbocycles. The third-order valence-electron chi connectivity index (χ3n) is 5.25. The Morgan fingerprint density at radius 2 is 2.00 bits per heavy atom. The summed E-state index contributed by atoms with van der Waals surface area (Å²) in [5.41, 5.74) is 2.33. The first-order chi connectivity index (χ1) is 10.6. The van der Waals surface area contributed by atoms with Crippen LogP contribution in [0.25, 0.3) is 0 Å².